The molecule has 52 heavy (non-hydrogen) atoms. The summed E-state index contributed by atoms with van der Waals surface area (Å²) in [5.74, 6) is -0.735. The largest absolute Gasteiger partial charge is 0.486 e. The predicted octanol–water partition coefficient (Wildman–Crippen LogP) is 2.42. The molecule has 1 aromatic carbocycles. The first kappa shape index (κ1) is 38.9. The van der Waals surface area contributed by atoms with Crippen molar-refractivity contribution in [2.45, 2.75) is 109 Å². The van der Waals surface area contributed by atoms with Crippen molar-refractivity contribution in [1.29, 1.82) is 0 Å². The summed E-state index contributed by atoms with van der Waals surface area (Å²) < 4.78 is 47.5. The molecule has 1 saturated heterocycles. The number of β-lactam (4-membered cyclic amide) rings is 1. The van der Waals surface area contributed by atoms with Gasteiger partial charge in [-0.05, 0) is 104 Å². The van der Waals surface area contributed by atoms with Gasteiger partial charge in [-0.2, -0.15) is 13.5 Å². The molecule has 7 N–H and O–H groups in total. The zero-order valence-corrected chi connectivity index (χ0v) is 31.3. The van der Waals surface area contributed by atoms with Gasteiger partial charge < -0.3 is 31.1 Å². The first-order valence-electron chi connectivity index (χ1n) is 16.6. The van der Waals surface area contributed by atoms with E-state index in [4.69, 9.17) is 35.3 Å². The van der Waals surface area contributed by atoms with Crippen molar-refractivity contribution in [3.05, 3.63) is 40.4 Å². The summed E-state index contributed by atoms with van der Waals surface area (Å²) >= 11 is 0.985. The molecule has 284 valence electrons. The van der Waals surface area contributed by atoms with Crippen LogP contribution in [0, 0.1) is 0 Å². The maximum Gasteiger partial charge on any atom is 0.418 e. The van der Waals surface area contributed by atoms with Crippen LogP contribution < -0.4 is 26.8 Å². The number of rotatable bonds is 13. The van der Waals surface area contributed by atoms with Crippen LogP contribution in [-0.2, 0) is 40.3 Å². The molecule has 0 bridgehead atoms. The van der Waals surface area contributed by atoms with Crippen LogP contribution in [-0.4, -0.2) is 93.9 Å². The molecule has 1 aromatic heterocycles. The van der Waals surface area contributed by atoms with E-state index in [0.29, 0.717) is 36.0 Å². The van der Waals surface area contributed by atoms with Crippen molar-refractivity contribution in [2.75, 3.05) is 11.9 Å². The molecule has 5 rings (SSSR count). The lowest BCUT2D eigenvalue weighted by atomic mass is 9.84. The lowest BCUT2D eigenvalue weighted by Gasteiger charge is -2.50. The minimum Gasteiger partial charge on any atom is -0.486 e. The average Bonchev–Trinajstić information content (AvgIpc) is 3.65. The number of aryl methyl sites for hydroxylation is 1. The Morgan fingerprint density at radius 1 is 1.27 bits per heavy atom. The van der Waals surface area contributed by atoms with Crippen LogP contribution in [0.2, 0.25) is 0 Å². The van der Waals surface area contributed by atoms with Gasteiger partial charge >= 0.3 is 16.5 Å². The Hall–Kier alpha value is -4.37. The van der Waals surface area contributed by atoms with Gasteiger partial charge in [-0.1, -0.05) is 5.16 Å². The van der Waals surface area contributed by atoms with E-state index < -0.39 is 57.7 Å². The third-order valence-electron chi connectivity index (χ3n) is 8.65. The summed E-state index contributed by atoms with van der Waals surface area (Å²) in [4.78, 5) is 53.6. The van der Waals surface area contributed by atoms with E-state index in [-0.39, 0.29) is 22.1 Å². The molecule has 1 aliphatic carbocycles. The lowest BCUT2D eigenvalue weighted by molar-refractivity contribution is -0.218. The van der Waals surface area contributed by atoms with Crippen molar-refractivity contribution in [2.24, 2.45) is 21.6 Å². The first-order chi connectivity index (χ1) is 24.2. The summed E-state index contributed by atoms with van der Waals surface area (Å²) in [5.41, 5.74) is 11.2. The molecule has 3 amide bonds. The van der Waals surface area contributed by atoms with Crippen LogP contribution in [0.15, 0.2) is 33.7 Å². The lowest BCUT2D eigenvalue weighted by Crippen LogP contribution is -2.76. The molecule has 3 aliphatic rings. The van der Waals surface area contributed by atoms with Crippen LogP contribution in [0.3, 0.4) is 0 Å². The Balaban J connectivity index is 1.31. The second-order valence-corrected chi connectivity index (χ2v) is 16.3. The number of hydroxylamine groups is 2. The molecule has 0 radical (unpaired) electrons. The molecule has 0 spiro atoms. The minimum atomic E-state index is -5.01. The van der Waals surface area contributed by atoms with E-state index in [1.54, 1.807) is 27.7 Å². The number of anilines is 1. The van der Waals surface area contributed by atoms with Gasteiger partial charge in [0.25, 0.3) is 11.8 Å². The van der Waals surface area contributed by atoms with Gasteiger partial charge in [0.1, 0.15) is 35.0 Å². The van der Waals surface area contributed by atoms with Crippen LogP contribution in [0.1, 0.15) is 84.0 Å². The Morgan fingerprint density at radius 2 is 1.98 bits per heavy atom. The number of aliphatic imine (C=N–C) groups is 1. The van der Waals surface area contributed by atoms with Crippen molar-refractivity contribution in [3.63, 3.8) is 0 Å². The zero-order chi connectivity index (χ0) is 38.2. The predicted molar refractivity (Wildman–Crippen MR) is 190 cm³/mol. The molecule has 1 saturated carbocycles. The number of hydrogen-bond donors (Lipinski definition) is 5. The number of nitrogens with two attached hydrogens (primary N) is 2. The fourth-order valence-corrected chi connectivity index (χ4v) is 6.84. The number of carbonyl (C=O) groups is 3. The van der Waals surface area contributed by atoms with E-state index in [1.807, 2.05) is 18.2 Å². The van der Waals surface area contributed by atoms with E-state index in [1.165, 1.54) is 19.2 Å². The number of amides is 3. The summed E-state index contributed by atoms with van der Waals surface area (Å²) in [6.07, 6.45) is 2.03. The Morgan fingerprint density at radius 3 is 2.60 bits per heavy atom. The number of oxime groups is 1. The smallest absolute Gasteiger partial charge is 0.418 e. The number of hydrogen-bond acceptors (Lipinski definition) is 14. The number of thiazole rings is 1. The highest BCUT2D eigenvalue weighted by Gasteiger charge is 2.58. The van der Waals surface area contributed by atoms with Crippen molar-refractivity contribution in [3.8, 4) is 5.75 Å². The number of benzene rings is 1. The molecular formula is C32H44N8O10S2. The molecule has 3 atom stereocenters. The number of carbonyl (C=O) groups excluding carboxylic acids is 3. The Bertz CT molecular complexity index is 1880. The Kier molecular flexibility index (Phi) is 10.9. The molecular weight excluding hydrogens is 721 g/mol. The second kappa shape index (κ2) is 14.6. The summed E-state index contributed by atoms with van der Waals surface area (Å²) in [7, 11) is -5.01. The first-order valence-corrected chi connectivity index (χ1v) is 18.8. The molecule has 2 aliphatic heterocycles. The molecule has 3 heterocycles. The van der Waals surface area contributed by atoms with Crippen molar-refractivity contribution < 1.29 is 45.9 Å². The highest BCUT2D eigenvalue weighted by molar-refractivity contribution is 7.80. The normalized spacial score (nSPS) is 21.6. The maximum absolute atomic E-state index is 13.7. The van der Waals surface area contributed by atoms with E-state index in [0.717, 1.165) is 41.7 Å². The summed E-state index contributed by atoms with van der Waals surface area (Å²) in [5, 5.41) is 11.1. The quantitative estimate of drug-likeness (QED) is 0.0646. The van der Waals surface area contributed by atoms with Gasteiger partial charge in [-0.15, -0.1) is 15.6 Å². The molecule has 2 aromatic rings. The van der Waals surface area contributed by atoms with Gasteiger partial charge in [0.15, 0.2) is 16.9 Å². The molecule has 18 nitrogen and oxygen atoms in total. The fourth-order valence-electron chi connectivity index (χ4n) is 5.71. The molecule has 2 fully saturated rings. The molecule has 3 unspecified atom stereocenters. The number of fused-ring (bicyclic) bond motifs is 1. The monoisotopic (exact) mass is 764 g/mol. The van der Waals surface area contributed by atoms with Gasteiger partial charge in [0.05, 0.1) is 11.1 Å². The number of nitrogens with one attached hydrogen (secondary N) is 2. The van der Waals surface area contributed by atoms with Crippen LogP contribution in [0.5, 0.6) is 5.75 Å². The zero-order valence-electron chi connectivity index (χ0n) is 29.7. The van der Waals surface area contributed by atoms with E-state index in [2.05, 4.69) is 25.1 Å². The van der Waals surface area contributed by atoms with Gasteiger partial charge in [0, 0.05) is 10.9 Å². The maximum atomic E-state index is 13.7. The van der Waals surface area contributed by atoms with E-state index in [9.17, 15) is 22.8 Å². The highest BCUT2D eigenvalue weighted by atomic mass is 32.3. The summed E-state index contributed by atoms with van der Waals surface area (Å²) in [6.45, 7) is 10.2. The van der Waals surface area contributed by atoms with Crippen molar-refractivity contribution in [1.82, 2.24) is 15.4 Å². The Labute approximate surface area is 305 Å². The van der Waals surface area contributed by atoms with E-state index >= 15 is 0 Å². The van der Waals surface area contributed by atoms with Crippen molar-refractivity contribution >= 4 is 56.3 Å². The van der Waals surface area contributed by atoms with Crippen LogP contribution in [0.25, 0.3) is 0 Å². The average molecular weight is 765 g/mol. The van der Waals surface area contributed by atoms with Gasteiger partial charge in [-0.25, -0.2) is 9.78 Å². The minimum absolute atomic E-state index is 0.00231. The van der Waals surface area contributed by atoms with Crippen LogP contribution in [0.4, 0.5) is 9.93 Å². The third-order valence-corrected chi connectivity index (χ3v) is 9.75. The second-order valence-electron chi connectivity index (χ2n) is 14.4. The topological polar surface area (TPSA) is 259 Å². The third kappa shape index (κ3) is 9.16. The SMILES string of the molecule is CC(O/N=C(\C(=O)NC1C(=O)N(OS(=O)(=O)O)C1(C)C)c1csc(NC(=O)OC(C)(C)C)n1)C1CCc2cc(C(N)=NC3(CCN)CC3)ccc2O1. The number of amidine groups is 1. The summed E-state index contributed by atoms with van der Waals surface area (Å²) in [6, 6.07) is 4.37. The number of ether oxygens (including phenoxy) is 2. The standard InChI is InChI=1S/C32H44N8O10S2/c1-17(21-9-7-18-15-19(8-10-22(18)47-21)25(34)38-32(11-12-32)13-14-33)49-39-23(20-16-51-28(35-20)37-29(43)48-30(2,3)4)26(41)36-24-27(42)40(31(24,5)6)50-52(44,45)46/h8,10,15-17,21,24H,7,9,11-14,33H2,1-6H3,(H2,34,38)(H,36,41)(H,35,37,43)(H,44,45,46)/b39-23-. The number of nitrogens with zero attached hydrogens (tertiary/aromatic N) is 4. The van der Waals surface area contributed by atoms with Gasteiger partial charge in [-0.3, -0.25) is 24.5 Å². The number of aromatic nitrogens is 1. The molecule has 20 heteroatoms. The van der Waals surface area contributed by atoms with Gasteiger partial charge in [0.2, 0.25) is 0 Å². The fraction of sp³-hybridized carbons (Fsp3) is 0.562. The van der Waals surface area contributed by atoms with Crippen LogP contribution >= 0.6 is 11.3 Å². The highest BCUT2D eigenvalue weighted by Crippen LogP contribution is 2.43.